The number of esters is 1. The Morgan fingerprint density at radius 2 is 2.07 bits per heavy atom. The molecule has 136 valence electrons. The maximum atomic E-state index is 12.1. The van der Waals surface area contributed by atoms with Crippen LogP contribution in [0.5, 0.6) is 11.5 Å². The lowest BCUT2D eigenvalue weighted by Gasteiger charge is -2.09. The van der Waals surface area contributed by atoms with Gasteiger partial charge in [-0.05, 0) is 48.0 Å². The molecule has 0 saturated carbocycles. The summed E-state index contributed by atoms with van der Waals surface area (Å²) in [7, 11) is 1.45. The molecule has 0 aliphatic carbocycles. The second kappa shape index (κ2) is 8.43. The second-order valence-electron chi connectivity index (χ2n) is 5.22. The first-order valence-electron chi connectivity index (χ1n) is 7.84. The van der Waals surface area contributed by atoms with Crippen molar-refractivity contribution < 1.29 is 23.5 Å². The molecular weight excluding hydrogens is 350 g/mol. The zero-order valence-corrected chi connectivity index (χ0v) is 14.3. The van der Waals surface area contributed by atoms with Gasteiger partial charge in [-0.25, -0.2) is 10.2 Å². The van der Waals surface area contributed by atoms with Gasteiger partial charge < -0.3 is 13.9 Å². The number of methoxy groups -OCH3 is 1. The van der Waals surface area contributed by atoms with Crippen molar-refractivity contribution in [3.8, 4) is 11.5 Å². The molecule has 2 heterocycles. The van der Waals surface area contributed by atoms with E-state index in [1.165, 1.54) is 31.9 Å². The molecule has 0 atom stereocenters. The number of hydrogen-bond donors (Lipinski definition) is 1. The van der Waals surface area contributed by atoms with E-state index in [9.17, 15) is 9.59 Å². The van der Waals surface area contributed by atoms with Gasteiger partial charge in [0.15, 0.2) is 17.3 Å². The summed E-state index contributed by atoms with van der Waals surface area (Å²) in [5.74, 6) is -0.266. The highest BCUT2D eigenvalue weighted by atomic mass is 16.6. The standard InChI is InChI=1S/C19H15N3O5/c1-25-17-10-13(11-21-22-18(23)16-5-3-9-26-16)6-7-15(17)27-19(24)14-4-2-8-20-12-14/h2-12H,1H3,(H,22,23)/b21-11-. The highest BCUT2D eigenvalue weighted by Crippen LogP contribution is 2.28. The molecule has 8 nitrogen and oxygen atoms in total. The van der Waals surface area contributed by atoms with Gasteiger partial charge in [-0.1, -0.05) is 0 Å². The van der Waals surface area contributed by atoms with Gasteiger partial charge in [0.2, 0.25) is 0 Å². The third kappa shape index (κ3) is 4.57. The number of amides is 1. The summed E-state index contributed by atoms with van der Waals surface area (Å²) in [5.41, 5.74) is 3.30. The Morgan fingerprint density at radius 1 is 1.19 bits per heavy atom. The summed E-state index contributed by atoms with van der Waals surface area (Å²) >= 11 is 0. The topological polar surface area (TPSA) is 103 Å². The molecule has 0 bridgehead atoms. The van der Waals surface area contributed by atoms with Crippen molar-refractivity contribution >= 4 is 18.1 Å². The summed E-state index contributed by atoms with van der Waals surface area (Å²) in [5, 5.41) is 3.85. The average molecular weight is 365 g/mol. The van der Waals surface area contributed by atoms with Crippen LogP contribution in [0.2, 0.25) is 0 Å². The van der Waals surface area contributed by atoms with E-state index in [0.29, 0.717) is 16.9 Å². The first kappa shape index (κ1) is 17.9. The van der Waals surface area contributed by atoms with Crippen LogP contribution in [-0.4, -0.2) is 30.2 Å². The lowest BCUT2D eigenvalue weighted by atomic mass is 10.2. The van der Waals surface area contributed by atoms with E-state index in [2.05, 4.69) is 15.5 Å². The van der Waals surface area contributed by atoms with Crippen LogP contribution < -0.4 is 14.9 Å². The number of rotatable bonds is 6. The van der Waals surface area contributed by atoms with Crippen molar-refractivity contribution in [1.29, 1.82) is 0 Å². The number of hydrogen-bond acceptors (Lipinski definition) is 7. The molecule has 1 aromatic carbocycles. The van der Waals surface area contributed by atoms with Gasteiger partial charge in [-0.3, -0.25) is 9.78 Å². The number of carbonyl (C=O) groups excluding carboxylic acids is 2. The fraction of sp³-hybridized carbons (Fsp3) is 0.0526. The molecule has 0 radical (unpaired) electrons. The van der Waals surface area contributed by atoms with Crippen LogP contribution >= 0.6 is 0 Å². The molecule has 3 aromatic rings. The van der Waals surface area contributed by atoms with E-state index in [0.717, 1.165) is 0 Å². The number of nitrogens with one attached hydrogen (secondary N) is 1. The molecular formula is C19H15N3O5. The number of pyridine rings is 1. The van der Waals surface area contributed by atoms with Gasteiger partial charge in [0, 0.05) is 12.4 Å². The Bertz CT molecular complexity index is 953. The van der Waals surface area contributed by atoms with Gasteiger partial charge >= 0.3 is 11.9 Å². The number of carbonyl (C=O) groups is 2. The monoisotopic (exact) mass is 365 g/mol. The third-order valence-electron chi connectivity index (χ3n) is 3.41. The Balaban J connectivity index is 1.67. The second-order valence-corrected chi connectivity index (χ2v) is 5.22. The van der Waals surface area contributed by atoms with Crippen molar-refractivity contribution in [2.24, 2.45) is 5.10 Å². The molecule has 0 aliphatic rings. The Labute approximate surface area is 154 Å². The minimum atomic E-state index is -0.548. The lowest BCUT2D eigenvalue weighted by Crippen LogP contribution is -2.16. The van der Waals surface area contributed by atoms with Crippen LogP contribution in [-0.2, 0) is 0 Å². The molecule has 0 fully saturated rings. The molecule has 0 aliphatic heterocycles. The van der Waals surface area contributed by atoms with Crippen LogP contribution in [0.25, 0.3) is 0 Å². The zero-order chi connectivity index (χ0) is 19.1. The van der Waals surface area contributed by atoms with E-state index in [4.69, 9.17) is 13.9 Å². The largest absolute Gasteiger partial charge is 0.493 e. The minimum absolute atomic E-state index is 0.155. The maximum absolute atomic E-state index is 12.1. The summed E-state index contributed by atoms with van der Waals surface area (Å²) in [6.07, 6.45) is 5.80. The van der Waals surface area contributed by atoms with Crippen molar-refractivity contribution in [2.75, 3.05) is 7.11 Å². The van der Waals surface area contributed by atoms with Gasteiger partial charge in [0.25, 0.3) is 0 Å². The highest BCUT2D eigenvalue weighted by molar-refractivity contribution is 5.93. The van der Waals surface area contributed by atoms with Gasteiger partial charge in [-0.15, -0.1) is 0 Å². The van der Waals surface area contributed by atoms with E-state index in [-0.39, 0.29) is 11.5 Å². The lowest BCUT2D eigenvalue weighted by molar-refractivity contribution is 0.0729. The summed E-state index contributed by atoms with van der Waals surface area (Å²) in [6.45, 7) is 0. The smallest absolute Gasteiger partial charge is 0.345 e. The Kier molecular flexibility index (Phi) is 5.58. The van der Waals surface area contributed by atoms with E-state index in [1.807, 2.05) is 0 Å². The van der Waals surface area contributed by atoms with Gasteiger partial charge in [0.05, 0.1) is 25.2 Å². The fourth-order valence-electron chi connectivity index (χ4n) is 2.12. The molecule has 0 spiro atoms. The van der Waals surface area contributed by atoms with Crippen LogP contribution in [0.1, 0.15) is 26.5 Å². The molecule has 8 heteroatoms. The summed E-state index contributed by atoms with van der Waals surface area (Å²) in [4.78, 5) is 27.7. The SMILES string of the molecule is COc1cc(/C=N\NC(=O)c2ccco2)ccc1OC(=O)c1cccnc1. The minimum Gasteiger partial charge on any atom is -0.493 e. The molecule has 0 saturated heterocycles. The molecule has 2 aromatic heterocycles. The van der Waals surface area contributed by atoms with E-state index in [1.54, 1.807) is 42.6 Å². The van der Waals surface area contributed by atoms with Crippen molar-refractivity contribution in [3.05, 3.63) is 78.0 Å². The van der Waals surface area contributed by atoms with Crippen LogP contribution in [0.4, 0.5) is 0 Å². The number of hydrazone groups is 1. The molecule has 3 rings (SSSR count). The molecule has 27 heavy (non-hydrogen) atoms. The fourth-order valence-corrected chi connectivity index (χ4v) is 2.12. The number of nitrogens with zero attached hydrogens (tertiary/aromatic N) is 2. The summed E-state index contributed by atoms with van der Waals surface area (Å²) in [6, 6.07) is 11.2. The quantitative estimate of drug-likeness (QED) is 0.312. The van der Waals surface area contributed by atoms with Crippen molar-refractivity contribution in [2.45, 2.75) is 0 Å². The predicted molar refractivity (Wildman–Crippen MR) is 96.0 cm³/mol. The predicted octanol–water partition coefficient (Wildman–Crippen LogP) is 2.67. The normalized spacial score (nSPS) is 10.6. The number of benzene rings is 1. The number of aromatic nitrogens is 1. The van der Waals surface area contributed by atoms with Crippen molar-refractivity contribution in [3.63, 3.8) is 0 Å². The first-order valence-corrected chi connectivity index (χ1v) is 7.84. The Morgan fingerprint density at radius 3 is 2.78 bits per heavy atom. The van der Waals surface area contributed by atoms with E-state index < -0.39 is 11.9 Å². The zero-order valence-electron chi connectivity index (χ0n) is 14.3. The third-order valence-corrected chi connectivity index (χ3v) is 3.41. The summed E-state index contributed by atoms with van der Waals surface area (Å²) < 4.78 is 15.6. The van der Waals surface area contributed by atoms with Crippen LogP contribution in [0.3, 0.4) is 0 Å². The van der Waals surface area contributed by atoms with Crippen LogP contribution in [0, 0.1) is 0 Å². The first-order chi connectivity index (χ1) is 13.2. The molecule has 1 amide bonds. The number of furan rings is 1. The number of ether oxygens (including phenoxy) is 2. The highest BCUT2D eigenvalue weighted by Gasteiger charge is 2.13. The van der Waals surface area contributed by atoms with Gasteiger partial charge in [-0.2, -0.15) is 5.10 Å². The molecule has 1 N–H and O–H groups in total. The van der Waals surface area contributed by atoms with Crippen molar-refractivity contribution in [1.82, 2.24) is 10.4 Å². The Hall–Kier alpha value is -3.94. The molecule has 0 unspecified atom stereocenters. The van der Waals surface area contributed by atoms with Gasteiger partial charge in [0.1, 0.15) is 0 Å². The van der Waals surface area contributed by atoms with Crippen LogP contribution in [0.15, 0.2) is 70.6 Å². The van der Waals surface area contributed by atoms with E-state index >= 15 is 0 Å². The average Bonchev–Trinajstić information content (AvgIpc) is 3.24. The maximum Gasteiger partial charge on any atom is 0.345 e.